The number of hydrogen-bond acceptors (Lipinski definition) is 5. The molecule has 1 aromatic heterocycles. The van der Waals surface area contributed by atoms with Gasteiger partial charge in [0.2, 0.25) is 11.8 Å². The van der Waals surface area contributed by atoms with Crippen molar-refractivity contribution in [3.05, 3.63) is 59.9 Å². The first-order valence-corrected chi connectivity index (χ1v) is 9.51. The molecule has 0 spiro atoms. The molecule has 2 aromatic carbocycles. The molecule has 0 fully saturated rings. The van der Waals surface area contributed by atoms with Gasteiger partial charge in [0.1, 0.15) is 11.4 Å². The second-order valence-corrected chi connectivity index (χ2v) is 7.19. The molecule has 138 valence electrons. The van der Waals surface area contributed by atoms with Crippen LogP contribution in [0.2, 0.25) is 5.02 Å². The number of aromatic nitrogens is 2. The van der Waals surface area contributed by atoms with Gasteiger partial charge in [-0.15, -0.1) is 0 Å². The van der Waals surface area contributed by atoms with Gasteiger partial charge >= 0.3 is 0 Å². The third-order valence-corrected chi connectivity index (χ3v) is 5.02. The number of nitrogens with one attached hydrogen (secondary N) is 1. The zero-order valence-electron chi connectivity index (χ0n) is 14.6. The van der Waals surface area contributed by atoms with Crippen LogP contribution in [0, 0.1) is 0 Å². The minimum absolute atomic E-state index is 0.0352. The number of hydrogen-bond donors (Lipinski definition) is 1. The van der Waals surface area contributed by atoms with Crippen molar-refractivity contribution in [3.63, 3.8) is 0 Å². The molecule has 0 radical (unpaired) electrons. The number of para-hydroxylation sites is 1. The van der Waals surface area contributed by atoms with Crippen molar-refractivity contribution in [3.8, 4) is 0 Å². The van der Waals surface area contributed by atoms with Gasteiger partial charge in [0.25, 0.3) is 0 Å². The summed E-state index contributed by atoms with van der Waals surface area (Å²) in [5, 5.41) is 4.97. The highest BCUT2D eigenvalue weighted by Gasteiger charge is 2.15. The average molecular weight is 401 g/mol. The fourth-order valence-corrected chi connectivity index (χ4v) is 3.43. The normalized spacial score (nSPS) is 10.6. The molecule has 27 heavy (non-hydrogen) atoms. The number of amides is 2. The first-order valence-electron chi connectivity index (χ1n) is 8.15. The zero-order valence-corrected chi connectivity index (χ0v) is 16.1. The Morgan fingerprint density at radius 1 is 1.11 bits per heavy atom. The molecule has 3 rings (SSSR count). The molecule has 0 saturated heterocycles. The average Bonchev–Trinajstić information content (AvgIpc) is 2.67. The van der Waals surface area contributed by atoms with Gasteiger partial charge in [-0.05, 0) is 30.3 Å². The minimum Gasteiger partial charge on any atom is -0.336 e. The number of thioether (sulfide) groups is 1. The van der Waals surface area contributed by atoms with Gasteiger partial charge in [0, 0.05) is 23.1 Å². The van der Waals surface area contributed by atoms with Gasteiger partial charge in [-0.25, -0.2) is 9.97 Å². The summed E-state index contributed by atoms with van der Waals surface area (Å²) in [5.74, 6) is -0.245. The van der Waals surface area contributed by atoms with Crippen molar-refractivity contribution in [2.45, 2.75) is 5.03 Å². The van der Waals surface area contributed by atoms with E-state index < -0.39 is 0 Å². The van der Waals surface area contributed by atoms with Crippen LogP contribution in [0.25, 0.3) is 10.9 Å². The molecule has 0 unspecified atom stereocenters. The lowest BCUT2D eigenvalue weighted by atomic mass is 10.2. The Kier molecular flexibility index (Phi) is 6.26. The standard InChI is InChI=1S/C19H17ClN4O2S/c1-24(10-17(25)23-14-8-6-13(20)7-9-14)18(26)11-27-19-15-4-2-3-5-16(15)21-12-22-19/h2-9,12H,10-11H2,1H3,(H,23,25). The van der Waals surface area contributed by atoms with Crippen LogP contribution in [0.1, 0.15) is 0 Å². The minimum atomic E-state index is -0.273. The van der Waals surface area contributed by atoms with E-state index in [1.165, 1.54) is 23.0 Å². The molecule has 1 N–H and O–H groups in total. The van der Waals surface area contributed by atoms with Crippen molar-refractivity contribution in [1.82, 2.24) is 14.9 Å². The van der Waals surface area contributed by atoms with Gasteiger partial charge in [-0.2, -0.15) is 0 Å². The Bertz CT molecular complexity index is 960. The molecular weight excluding hydrogens is 384 g/mol. The first-order chi connectivity index (χ1) is 13.0. The number of benzene rings is 2. The highest BCUT2D eigenvalue weighted by atomic mass is 35.5. The second-order valence-electron chi connectivity index (χ2n) is 5.79. The van der Waals surface area contributed by atoms with Crippen LogP contribution in [0.3, 0.4) is 0 Å². The highest BCUT2D eigenvalue weighted by molar-refractivity contribution is 8.00. The first kappa shape index (κ1) is 19.1. The molecule has 6 nitrogen and oxygen atoms in total. The van der Waals surface area contributed by atoms with Crippen molar-refractivity contribution in [1.29, 1.82) is 0 Å². The van der Waals surface area contributed by atoms with Crippen molar-refractivity contribution < 1.29 is 9.59 Å². The van der Waals surface area contributed by atoms with E-state index in [-0.39, 0.29) is 24.1 Å². The summed E-state index contributed by atoms with van der Waals surface area (Å²) in [6.45, 7) is -0.0352. The molecule has 0 aliphatic carbocycles. The molecule has 1 heterocycles. The zero-order chi connectivity index (χ0) is 19.2. The van der Waals surface area contributed by atoms with Gasteiger partial charge in [0.15, 0.2) is 0 Å². The lowest BCUT2D eigenvalue weighted by Gasteiger charge is -2.16. The van der Waals surface area contributed by atoms with Crippen LogP contribution in [0.4, 0.5) is 5.69 Å². The summed E-state index contributed by atoms with van der Waals surface area (Å²) in [5.41, 5.74) is 1.46. The Balaban J connectivity index is 1.54. The predicted octanol–water partition coefficient (Wildman–Crippen LogP) is 3.47. The highest BCUT2D eigenvalue weighted by Crippen LogP contribution is 2.24. The quantitative estimate of drug-likeness (QED) is 0.506. The van der Waals surface area contributed by atoms with Gasteiger partial charge < -0.3 is 10.2 Å². The van der Waals surface area contributed by atoms with Gasteiger partial charge in [-0.3, -0.25) is 9.59 Å². The monoisotopic (exact) mass is 400 g/mol. The fraction of sp³-hybridized carbons (Fsp3) is 0.158. The van der Waals surface area contributed by atoms with Crippen molar-refractivity contribution in [2.24, 2.45) is 0 Å². The van der Waals surface area contributed by atoms with Crippen molar-refractivity contribution >= 4 is 51.8 Å². The van der Waals surface area contributed by atoms with Gasteiger partial charge in [0.05, 0.1) is 17.8 Å². The van der Waals surface area contributed by atoms with E-state index in [1.54, 1.807) is 31.3 Å². The fourth-order valence-electron chi connectivity index (χ4n) is 2.37. The van der Waals surface area contributed by atoms with E-state index in [9.17, 15) is 9.59 Å². The molecule has 3 aromatic rings. The van der Waals surface area contributed by atoms with Crippen molar-refractivity contribution in [2.75, 3.05) is 24.7 Å². The molecular formula is C19H17ClN4O2S. The van der Waals surface area contributed by atoms with Crippen LogP contribution >= 0.6 is 23.4 Å². The number of halogens is 1. The topological polar surface area (TPSA) is 75.2 Å². The van der Waals surface area contributed by atoms with Crippen LogP contribution in [-0.4, -0.2) is 46.0 Å². The predicted molar refractivity (Wildman–Crippen MR) is 108 cm³/mol. The number of likely N-dealkylation sites (N-methyl/N-ethyl adjacent to an activating group) is 1. The SMILES string of the molecule is CN(CC(=O)Nc1ccc(Cl)cc1)C(=O)CSc1ncnc2ccccc12. The van der Waals surface area contributed by atoms with Crippen LogP contribution in [0.15, 0.2) is 59.9 Å². The maximum Gasteiger partial charge on any atom is 0.243 e. The Labute approximate surface area is 165 Å². The summed E-state index contributed by atoms with van der Waals surface area (Å²) in [7, 11) is 1.60. The number of anilines is 1. The number of carbonyl (C=O) groups is 2. The molecule has 0 atom stereocenters. The third kappa shape index (κ3) is 5.18. The Morgan fingerprint density at radius 2 is 1.85 bits per heavy atom. The summed E-state index contributed by atoms with van der Waals surface area (Å²) in [6, 6.07) is 14.4. The van der Waals surface area contributed by atoms with Gasteiger partial charge in [-0.1, -0.05) is 41.6 Å². The number of nitrogens with zero attached hydrogens (tertiary/aromatic N) is 3. The van der Waals surface area contributed by atoms with E-state index >= 15 is 0 Å². The van der Waals surface area contributed by atoms with Crippen LogP contribution in [-0.2, 0) is 9.59 Å². The third-order valence-electron chi connectivity index (χ3n) is 3.77. The van der Waals surface area contributed by atoms with E-state index in [4.69, 9.17) is 11.6 Å². The molecule has 8 heteroatoms. The molecule has 0 aliphatic rings. The molecule has 2 amide bonds. The van der Waals surface area contributed by atoms with E-state index in [0.717, 1.165) is 15.9 Å². The molecule has 0 saturated carbocycles. The van der Waals surface area contributed by atoms with Crippen LogP contribution in [0.5, 0.6) is 0 Å². The summed E-state index contributed by atoms with van der Waals surface area (Å²) < 4.78 is 0. The lowest BCUT2D eigenvalue weighted by Crippen LogP contribution is -2.35. The Hall–Kier alpha value is -2.64. The van der Waals surface area contributed by atoms with E-state index in [2.05, 4.69) is 15.3 Å². The smallest absolute Gasteiger partial charge is 0.243 e. The number of fused-ring (bicyclic) bond motifs is 1. The molecule has 0 aliphatic heterocycles. The Morgan fingerprint density at radius 3 is 2.63 bits per heavy atom. The number of rotatable bonds is 6. The summed E-state index contributed by atoms with van der Waals surface area (Å²) >= 11 is 7.15. The molecule has 0 bridgehead atoms. The summed E-state index contributed by atoms with van der Waals surface area (Å²) in [4.78, 5) is 34.3. The van der Waals surface area contributed by atoms with E-state index in [1.807, 2.05) is 24.3 Å². The maximum absolute atomic E-state index is 12.3. The summed E-state index contributed by atoms with van der Waals surface area (Å²) in [6.07, 6.45) is 1.48. The second kappa shape index (κ2) is 8.83. The largest absolute Gasteiger partial charge is 0.336 e. The number of carbonyl (C=O) groups excluding carboxylic acids is 2. The maximum atomic E-state index is 12.3. The lowest BCUT2D eigenvalue weighted by molar-refractivity contribution is -0.131. The van der Waals surface area contributed by atoms with E-state index in [0.29, 0.717) is 10.7 Å². The van der Waals surface area contributed by atoms with Crippen LogP contribution < -0.4 is 5.32 Å².